The van der Waals surface area contributed by atoms with Gasteiger partial charge in [0, 0.05) is 13.5 Å². The van der Waals surface area contributed by atoms with Crippen LogP contribution in [0.5, 0.6) is 0 Å². The molecule has 1 N–H and O–H groups in total. The molecule has 2 unspecified atom stereocenters. The van der Waals surface area contributed by atoms with Crippen LogP contribution in [0, 0.1) is 5.92 Å². The number of amides is 2. The second-order valence-corrected chi connectivity index (χ2v) is 4.63. The molecular weight excluding hydrogens is 216 g/mol. The average molecular weight is 236 g/mol. The molecule has 1 aliphatic heterocycles. The molecule has 0 aromatic carbocycles. The average Bonchev–Trinajstić information content (AvgIpc) is 2.37. The molecule has 0 aromatic heterocycles. The molecule has 0 saturated carbocycles. The van der Waals surface area contributed by atoms with E-state index in [4.69, 9.17) is 4.74 Å². The van der Waals surface area contributed by atoms with Gasteiger partial charge in [0.25, 0.3) is 0 Å². The lowest BCUT2D eigenvalue weighted by atomic mass is 9.94. The van der Waals surface area contributed by atoms with Crippen LogP contribution in [-0.4, -0.2) is 30.6 Å². The first-order valence-electron chi connectivity index (χ1n) is 6.22. The quantitative estimate of drug-likeness (QED) is 0.758. The lowest BCUT2D eigenvalue weighted by molar-refractivity contribution is 0.0906. The number of carbonyl (C=O) groups excluding carboxylic acids is 1. The van der Waals surface area contributed by atoms with Crippen molar-refractivity contribution < 1.29 is 9.53 Å². The second kappa shape index (κ2) is 4.82. The maximum Gasteiger partial charge on any atom is 0.322 e. The number of carbonyl (C=O) groups is 1. The van der Waals surface area contributed by atoms with Crippen LogP contribution in [0.4, 0.5) is 4.79 Å². The maximum atomic E-state index is 11.9. The largest absolute Gasteiger partial charge is 0.494 e. The Hall–Kier alpha value is -1.45. The van der Waals surface area contributed by atoms with Crippen LogP contribution in [0.2, 0.25) is 0 Å². The third kappa shape index (κ3) is 2.16. The zero-order valence-corrected chi connectivity index (χ0v) is 10.7. The van der Waals surface area contributed by atoms with Crippen LogP contribution in [0.1, 0.15) is 26.7 Å². The van der Waals surface area contributed by atoms with E-state index in [0.29, 0.717) is 12.5 Å². The predicted molar refractivity (Wildman–Crippen MR) is 66.3 cm³/mol. The second-order valence-electron chi connectivity index (χ2n) is 4.63. The van der Waals surface area contributed by atoms with Crippen molar-refractivity contribution in [3.63, 3.8) is 0 Å². The highest BCUT2D eigenvalue weighted by Crippen LogP contribution is 2.32. The van der Waals surface area contributed by atoms with Gasteiger partial charge in [-0.2, -0.15) is 0 Å². The summed E-state index contributed by atoms with van der Waals surface area (Å²) in [6.07, 6.45) is 6.21. The Labute approximate surface area is 102 Å². The van der Waals surface area contributed by atoms with E-state index in [0.717, 1.165) is 24.3 Å². The normalized spacial score (nSPS) is 27.6. The van der Waals surface area contributed by atoms with Crippen molar-refractivity contribution in [2.75, 3.05) is 13.7 Å². The highest BCUT2D eigenvalue weighted by molar-refractivity contribution is 5.77. The van der Waals surface area contributed by atoms with E-state index >= 15 is 0 Å². The van der Waals surface area contributed by atoms with Crippen molar-refractivity contribution in [2.45, 2.75) is 32.7 Å². The standard InChI is InChI=1S/C13H20N2O2/c1-4-10-5-6-11-12(7-10)17-8-9(2)15(11)13(16)14-3/h5-6,9-10H,4,7-8H2,1-3H3,(H,14,16). The molecule has 0 bridgehead atoms. The number of urea groups is 1. The van der Waals surface area contributed by atoms with Crippen molar-refractivity contribution in [3.05, 3.63) is 23.6 Å². The number of rotatable bonds is 1. The lowest BCUT2D eigenvalue weighted by Crippen LogP contribution is -2.48. The Morgan fingerprint density at radius 3 is 3.06 bits per heavy atom. The maximum absolute atomic E-state index is 11.9. The monoisotopic (exact) mass is 236 g/mol. The van der Waals surface area contributed by atoms with Gasteiger partial charge in [0.1, 0.15) is 12.4 Å². The Morgan fingerprint density at radius 1 is 1.65 bits per heavy atom. The highest BCUT2D eigenvalue weighted by atomic mass is 16.5. The molecule has 1 aliphatic carbocycles. The first-order valence-corrected chi connectivity index (χ1v) is 6.22. The van der Waals surface area contributed by atoms with E-state index in [1.807, 2.05) is 13.0 Å². The first kappa shape index (κ1) is 12.0. The van der Waals surface area contributed by atoms with Crippen LogP contribution in [0.25, 0.3) is 0 Å². The molecule has 94 valence electrons. The zero-order chi connectivity index (χ0) is 12.4. The Bertz CT molecular complexity index is 374. The molecule has 4 heteroatoms. The van der Waals surface area contributed by atoms with E-state index in [-0.39, 0.29) is 12.1 Å². The molecule has 17 heavy (non-hydrogen) atoms. The van der Waals surface area contributed by atoms with E-state index in [2.05, 4.69) is 18.3 Å². The minimum absolute atomic E-state index is 0.0621. The summed E-state index contributed by atoms with van der Waals surface area (Å²) in [6.45, 7) is 4.75. The fourth-order valence-electron chi connectivity index (χ4n) is 2.32. The van der Waals surface area contributed by atoms with Crippen molar-refractivity contribution in [3.8, 4) is 0 Å². The van der Waals surface area contributed by atoms with Crippen LogP contribution in [0.3, 0.4) is 0 Å². The molecule has 0 fully saturated rings. The molecule has 2 aliphatic rings. The Morgan fingerprint density at radius 2 is 2.41 bits per heavy atom. The van der Waals surface area contributed by atoms with E-state index in [9.17, 15) is 4.79 Å². The van der Waals surface area contributed by atoms with Crippen LogP contribution in [-0.2, 0) is 4.74 Å². The van der Waals surface area contributed by atoms with E-state index in [1.54, 1.807) is 11.9 Å². The van der Waals surface area contributed by atoms with Crippen LogP contribution in [0.15, 0.2) is 23.6 Å². The number of hydrogen-bond acceptors (Lipinski definition) is 2. The minimum Gasteiger partial charge on any atom is -0.494 e. The van der Waals surface area contributed by atoms with Crippen molar-refractivity contribution in [1.82, 2.24) is 10.2 Å². The fourth-order valence-corrected chi connectivity index (χ4v) is 2.32. The number of nitrogens with zero attached hydrogens (tertiary/aromatic N) is 1. The SMILES string of the molecule is CCC1C=CC2=C(C1)OCC(C)N2C(=O)NC. The van der Waals surface area contributed by atoms with Gasteiger partial charge in [-0.15, -0.1) is 0 Å². The van der Waals surface area contributed by atoms with Gasteiger partial charge < -0.3 is 10.1 Å². The molecule has 2 rings (SSSR count). The summed E-state index contributed by atoms with van der Waals surface area (Å²) in [5, 5.41) is 2.69. The topological polar surface area (TPSA) is 41.6 Å². The number of allylic oxidation sites excluding steroid dienone is 3. The van der Waals surface area contributed by atoms with Gasteiger partial charge in [0.2, 0.25) is 0 Å². The Balaban J connectivity index is 2.27. The third-order valence-electron chi connectivity index (χ3n) is 3.42. The smallest absolute Gasteiger partial charge is 0.322 e. The molecule has 2 amide bonds. The lowest BCUT2D eigenvalue weighted by Gasteiger charge is -2.38. The van der Waals surface area contributed by atoms with Gasteiger partial charge in [-0.3, -0.25) is 4.90 Å². The Kier molecular flexibility index (Phi) is 3.41. The van der Waals surface area contributed by atoms with Gasteiger partial charge in [-0.25, -0.2) is 4.79 Å². The van der Waals surface area contributed by atoms with E-state index < -0.39 is 0 Å². The van der Waals surface area contributed by atoms with Crippen LogP contribution < -0.4 is 5.32 Å². The van der Waals surface area contributed by atoms with Crippen LogP contribution >= 0.6 is 0 Å². The molecule has 0 spiro atoms. The summed E-state index contributed by atoms with van der Waals surface area (Å²) in [5.41, 5.74) is 0.924. The molecule has 1 heterocycles. The van der Waals surface area contributed by atoms with Crippen molar-refractivity contribution >= 4 is 6.03 Å². The van der Waals surface area contributed by atoms with E-state index in [1.165, 1.54) is 0 Å². The molecule has 0 aromatic rings. The first-order chi connectivity index (χ1) is 8.17. The summed E-state index contributed by atoms with van der Waals surface area (Å²) in [4.78, 5) is 13.7. The molecule has 0 radical (unpaired) electrons. The number of ether oxygens (including phenoxy) is 1. The molecule has 4 nitrogen and oxygen atoms in total. The summed E-state index contributed by atoms with van der Waals surface area (Å²) in [7, 11) is 1.66. The zero-order valence-electron chi connectivity index (χ0n) is 10.7. The predicted octanol–water partition coefficient (Wildman–Crippen LogP) is 2.24. The van der Waals surface area contributed by atoms with Gasteiger partial charge in [-0.1, -0.05) is 13.0 Å². The summed E-state index contributed by atoms with van der Waals surface area (Å²) in [5.74, 6) is 1.50. The number of nitrogens with one attached hydrogen (secondary N) is 1. The molecule has 2 atom stereocenters. The fraction of sp³-hybridized carbons (Fsp3) is 0.615. The summed E-state index contributed by atoms with van der Waals surface area (Å²) < 4.78 is 5.76. The summed E-state index contributed by atoms with van der Waals surface area (Å²) in [6, 6.07) is 0.0180. The van der Waals surface area contributed by atoms with Gasteiger partial charge >= 0.3 is 6.03 Å². The molecule has 0 saturated heterocycles. The van der Waals surface area contributed by atoms with Gasteiger partial charge in [0.15, 0.2) is 0 Å². The van der Waals surface area contributed by atoms with Crippen molar-refractivity contribution in [2.24, 2.45) is 5.92 Å². The van der Waals surface area contributed by atoms with Crippen molar-refractivity contribution in [1.29, 1.82) is 0 Å². The van der Waals surface area contributed by atoms with Gasteiger partial charge in [-0.05, 0) is 25.3 Å². The number of hydrogen-bond donors (Lipinski definition) is 1. The summed E-state index contributed by atoms with van der Waals surface area (Å²) >= 11 is 0. The highest BCUT2D eigenvalue weighted by Gasteiger charge is 2.32. The molecular formula is C13H20N2O2. The third-order valence-corrected chi connectivity index (χ3v) is 3.42. The minimum atomic E-state index is -0.0621. The van der Waals surface area contributed by atoms with Gasteiger partial charge in [0.05, 0.1) is 11.7 Å².